The SMILES string of the molecule is CC(NCC1CCC2(CCCC2)O1)c1ccc(Cl)cc1Cl. The molecule has 1 heterocycles. The Balaban J connectivity index is 1.53. The van der Waals surface area contributed by atoms with Crippen LogP contribution >= 0.6 is 23.2 Å². The molecule has 1 aromatic rings. The fourth-order valence-electron chi connectivity index (χ4n) is 3.70. The molecular formula is C17H23Cl2NO. The van der Waals surface area contributed by atoms with Crippen molar-refractivity contribution in [2.24, 2.45) is 0 Å². The van der Waals surface area contributed by atoms with Crippen molar-refractivity contribution in [2.45, 2.75) is 63.2 Å². The summed E-state index contributed by atoms with van der Waals surface area (Å²) in [6.45, 7) is 3.03. The first kappa shape index (κ1) is 15.6. The van der Waals surface area contributed by atoms with E-state index in [1.807, 2.05) is 12.1 Å². The maximum Gasteiger partial charge on any atom is 0.0708 e. The summed E-state index contributed by atoms with van der Waals surface area (Å²) in [7, 11) is 0. The number of rotatable bonds is 4. The van der Waals surface area contributed by atoms with Crippen LogP contribution in [0.4, 0.5) is 0 Å². The van der Waals surface area contributed by atoms with Crippen molar-refractivity contribution in [3.63, 3.8) is 0 Å². The molecule has 1 spiro atoms. The van der Waals surface area contributed by atoms with Crippen LogP contribution in [0.3, 0.4) is 0 Å². The zero-order chi connectivity index (χ0) is 14.9. The lowest BCUT2D eigenvalue weighted by Gasteiger charge is -2.25. The van der Waals surface area contributed by atoms with E-state index in [2.05, 4.69) is 12.2 Å². The Hall–Kier alpha value is -0.280. The van der Waals surface area contributed by atoms with Gasteiger partial charge in [0.05, 0.1) is 11.7 Å². The van der Waals surface area contributed by atoms with Crippen molar-refractivity contribution >= 4 is 23.2 Å². The third-order valence-electron chi connectivity index (χ3n) is 4.93. The average Bonchev–Trinajstić information content (AvgIpc) is 3.07. The first-order valence-corrected chi connectivity index (χ1v) is 8.70. The van der Waals surface area contributed by atoms with E-state index in [1.54, 1.807) is 6.07 Å². The molecule has 1 aromatic carbocycles. The van der Waals surface area contributed by atoms with E-state index >= 15 is 0 Å². The van der Waals surface area contributed by atoms with Gasteiger partial charge in [-0.1, -0.05) is 42.1 Å². The Morgan fingerprint density at radius 2 is 2.05 bits per heavy atom. The summed E-state index contributed by atoms with van der Waals surface area (Å²) in [5.41, 5.74) is 1.31. The number of benzene rings is 1. The minimum atomic E-state index is 0.207. The smallest absolute Gasteiger partial charge is 0.0708 e. The topological polar surface area (TPSA) is 21.3 Å². The van der Waals surface area contributed by atoms with Gasteiger partial charge in [-0.3, -0.25) is 0 Å². The fourth-order valence-corrected chi connectivity index (χ4v) is 4.27. The predicted molar refractivity (Wildman–Crippen MR) is 88.2 cm³/mol. The highest BCUT2D eigenvalue weighted by Gasteiger charge is 2.41. The lowest BCUT2D eigenvalue weighted by atomic mass is 9.98. The van der Waals surface area contributed by atoms with Crippen molar-refractivity contribution in [1.82, 2.24) is 5.32 Å². The van der Waals surface area contributed by atoms with Gasteiger partial charge in [0.2, 0.25) is 0 Å². The molecule has 0 aromatic heterocycles. The number of hydrogen-bond donors (Lipinski definition) is 1. The molecule has 2 nitrogen and oxygen atoms in total. The van der Waals surface area contributed by atoms with Gasteiger partial charge in [-0.15, -0.1) is 0 Å². The Morgan fingerprint density at radius 3 is 2.76 bits per heavy atom. The van der Waals surface area contributed by atoms with E-state index in [0.29, 0.717) is 11.1 Å². The van der Waals surface area contributed by atoms with Crippen LogP contribution in [0.15, 0.2) is 18.2 Å². The van der Waals surface area contributed by atoms with E-state index in [1.165, 1.54) is 38.5 Å². The number of nitrogens with one attached hydrogen (secondary N) is 1. The summed E-state index contributed by atoms with van der Waals surface area (Å²) in [4.78, 5) is 0. The molecule has 0 radical (unpaired) electrons. The second-order valence-corrected chi connectivity index (χ2v) is 7.31. The quantitative estimate of drug-likeness (QED) is 0.827. The minimum absolute atomic E-state index is 0.207. The van der Waals surface area contributed by atoms with Gasteiger partial charge in [-0.25, -0.2) is 0 Å². The molecule has 2 aliphatic rings. The molecule has 2 fully saturated rings. The molecule has 2 atom stereocenters. The molecule has 0 bridgehead atoms. The second kappa shape index (κ2) is 6.45. The van der Waals surface area contributed by atoms with Gasteiger partial charge in [0, 0.05) is 22.6 Å². The third-order valence-corrected chi connectivity index (χ3v) is 5.50. The van der Waals surface area contributed by atoms with E-state index in [9.17, 15) is 0 Å². The van der Waals surface area contributed by atoms with Crippen molar-refractivity contribution < 1.29 is 4.74 Å². The van der Waals surface area contributed by atoms with Gasteiger partial charge < -0.3 is 10.1 Å². The summed E-state index contributed by atoms with van der Waals surface area (Å²) in [6, 6.07) is 5.89. The molecule has 116 valence electrons. The Morgan fingerprint density at radius 1 is 1.29 bits per heavy atom. The number of halogens is 2. The molecule has 1 saturated heterocycles. The van der Waals surface area contributed by atoms with Crippen LogP contribution in [0.1, 0.15) is 57.1 Å². The zero-order valence-corrected chi connectivity index (χ0v) is 14.0. The first-order chi connectivity index (χ1) is 10.1. The third kappa shape index (κ3) is 3.56. The van der Waals surface area contributed by atoms with Gasteiger partial charge in [0.1, 0.15) is 0 Å². The normalized spacial score (nSPS) is 25.6. The lowest BCUT2D eigenvalue weighted by Crippen LogP contribution is -2.32. The summed E-state index contributed by atoms with van der Waals surface area (Å²) in [5, 5.41) is 4.96. The predicted octanol–water partition coefficient (Wildman–Crippen LogP) is 5.14. The van der Waals surface area contributed by atoms with Crippen molar-refractivity contribution in [1.29, 1.82) is 0 Å². The van der Waals surface area contributed by atoms with Crippen LogP contribution in [0, 0.1) is 0 Å². The van der Waals surface area contributed by atoms with Crippen LogP contribution in [-0.4, -0.2) is 18.2 Å². The highest BCUT2D eigenvalue weighted by Crippen LogP contribution is 2.43. The van der Waals surface area contributed by atoms with Crippen molar-refractivity contribution in [2.75, 3.05) is 6.54 Å². The standard InChI is InChI=1S/C17H23Cl2NO/c1-12(15-5-4-13(18)10-16(15)19)20-11-14-6-9-17(21-14)7-2-3-8-17/h4-5,10,12,14,20H,2-3,6-9,11H2,1H3. The average molecular weight is 328 g/mol. The van der Waals surface area contributed by atoms with Gasteiger partial charge in [-0.05, 0) is 50.3 Å². The van der Waals surface area contributed by atoms with Gasteiger partial charge >= 0.3 is 0 Å². The molecule has 1 aliphatic heterocycles. The summed E-state index contributed by atoms with van der Waals surface area (Å²) in [6.07, 6.45) is 7.92. The second-order valence-electron chi connectivity index (χ2n) is 6.46. The Kier molecular flexibility index (Phi) is 4.80. The maximum absolute atomic E-state index is 6.33. The molecular weight excluding hydrogens is 305 g/mol. The van der Waals surface area contributed by atoms with Crippen molar-refractivity contribution in [3.05, 3.63) is 33.8 Å². The lowest BCUT2D eigenvalue weighted by molar-refractivity contribution is -0.0357. The van der Waals surface area contributed by atoms with E-state index < -0.39 is 0 Å². The van der Waals surface area contributed by atoms with E-state index in [0.717, 1.165) is 17.1 Å². The molecule has 3 rings (SSSR count). The molecule has 0 amide bonds. The Bertz CT molecular complexity index is 500. The van der Waals surface area contributed by atoms with E-state index in [4.69, 9.17) is 27.9 Å². The molecule has 1 N–H and O–H groups in total. The molecule has 2 unspecified atom stereocenters. The molecule has 21 heavy (non-hydrogen) atoms. The van der Waals surface area contributed by atoms with Gasteiger partial charge in [0.25, 0.3) is 0 Å². The minimum Gasteiger partial charge on any atom is -0.370 e. The molecule has 4 heteroatoms. The summed E-state index contributed by atoms with van der Waals surface area (Å²) in [5.74, 6) is 0. The van der Waals surface area contributed by atoms with E-state index in [-0.39, 0.29) is 11.6 Å². The zero-order valence-electron chi connectivity index (χ0n) is 12.5. The first-order valence-electron chi connectivity index (χ1n) is 7.94. The molecule has 1 aliphatic carbocycles. The summed E-state index contributed by atoms with van der Waals surface area (Å²) >= 11 is 12.2. The fraction of sp³-hybridized carbons (Fsp3) is 0.647. The molecule has 1 saturated carbocycles. The van der Waals surface area contributed by atoms with Crippen LogP contribution in [-0.2, 0) is 4.74 Å². The maximum atomic E-state index is 6.33. The van der Waals surface area contributed by atoms with Crippen molar-refractivity contribution in [3.8, 4) is 0 Å². The highest BCUT2D eigenvalue weighted by molar-refractivity contribution is 6.35. The number of hydrogen-bond acceptors (Lipinski definition) is 2. The van der Waals surface area contributed by atoms with Crippen LogP contribution < -0.4 is 5.32 Å². The monoisotopic (exact) mass is 327 g/mol. The highest BCUT2D eigenvalue weighted by atomic mass is 35.5. The van der Waals surface area contributed by atoms with Crippen LogP contribution in [0.25, 0.3) is 0 Å². The summed E-state index contributed by atoms with van der Waals surface area (Å²) < 4.78 is 6.33. The number of ether oxygens (including phenoxy) is 1. The van der Waals surface area contributed by atoms with Crippen LogP contribution in [0.2, 0.25) is 10.0 Å². The van der Waals surface area contributed by atoms with Gasteiger partial charge in [-0.2, -0.15) is 0 Å². The Labute approximate surface area is 137 Å². The van der Waals surface area contributed by atoms with Crippen LogP contribution in [0.5, 0.6) is 0 Å². The largest absolute Gasteiger partial charge is 0.370 e. The van der Waals surface area contributed by atoms with Gasteiger partial charge in [0.15, 0.2) is 0 Å².